The van der Waals surface area contributed by atoms with Gasteiger partial charge in [0.25, 0.3) is 0 Å². The van der Waals surface area contributed by atoms with Gasteiger partial charge in [-0.3, -0.25) is 0 Å². The number of rotatable bonds is 4. The normalized spacial score (nSPS) is 11.8. The third-order valence-corrected chi connectivity index (χ3v) is 2.91. The summed E-state index contributed by atoms with van der Waals surface area (Å²) in [5, 5.41) is -0.235. The van der Waals surface area contributed by atoms with Crippen LogP contribution < -0.4 is 0 Å². The Morgan fingerprint density at radius 1 is 1.46 bits per heavy atom. The molecule has 13 heavy (non-hydrogen) atoms. The van der Waals surface area contributed by atoms with Gasteiger partial charge < -0.3 is 0 Å². The van der Waals surface area contributed by atoms with Crippen LogP contribution in [0.25, 0.3) is 0 Å². The molecule has 0 amide bonds. The molecular weight excluding hydrogens is 206 g/mol. The number of halogens is 1. The van der Waals surface area contributed by atoms with Crippen molar-refractivity contribution in [3.05, 3.63) is 30.3 Å². The highest BCUT2D eigenvalue weighted by Crippen LogP contribution is 2.24. The summed E-state index contributed by atoms with van der Waals surface area (Å²) in [6.07, 6.45) is 1.51. The minimum absolute atomic E-state index is 0.235. The highest BCUT2D eigenvalue weighted by Gasteiger charge is 2.05. The maximum Gasteiger partial charge on any atom is 0.236 e. The standard InChI is InChI=1S/C9H8ClNOS/c10-6-9(11-7-12)13-8-4-2-1-3-5-8/h1-5,9H,6H2. The lowest BCUT2D eigenvalue weighted by molar-refractivity contribution is 0.563. The van der Waals surface area contributed by atoms with Crippen LogP contribution in [0.15, 0.2) is 40.2 Å². The van der Waals surface area contributed by atoms with E-state index >= 15 is 0 Å². The Morgan fingerprint density at radius 2 is 2.15 bits per heavy atom. The first-order valence-corrected chi connectivity index (χ1v) is 5.13. The van der Waals surface area contributed by atoms with Gasteiger partial charge in [0, 0.05) is 4.90 Å². The molecule has 1 aromatic carbocycles. The number of hydrogen-bond acceptors (Lipinski definition) is 3. The highest BCUT2D eigenvalue weighted by atomic mass is 35.5. The van der Waals surface area contributed by atoms with Crippen LogP contribution in [0, 0.1) is 0 Å². The van der Waals surface area contributed by atoms with Crippen LogP contribution in [-0.4, -0.2) is 17.3 Å². The lowest BCUT2D eigenvalue weighted by Gasteiger charge is -2.05. The Morgan fingerprint density at radius 3 is 2.69 bits per heavy atom. The number of benzene rings is 1. The van der Waals surface area contributed by atoms with E-state index in [9.17, 15) is 4.79 Å². The zero-order chi connectivity index (χ0) is 9.52. The largest absolute Gasteiger partial charge is 0.236 e. The van der Waals surface area contributed by atoms with Crippen LogP contribution >= 0.6 is 23.4 Å². The van der Waals surface area contributed by atoms with Gasteiger partial charge in [-0.15, -0.1) is 11.6 Å². The number of aliphatic imine (C=N–C) groups is 1. The van der Waals surface area contributed by atoms with Crippen LogP contribution in [0.2, 0.25) is 0 Å². The van der Waals surface area contributed by atoms with Gasteiger partial charge in [0.05, 0.1) is 5.88 Å². The predicted octanol–water partition coefficient (Wildman–Crippen LogP) is 2.68. The fourth-order valence-corrected chi connectivity index (χ4v) is 1.85. The summed E-state index contributed by atoms with van der Waals surface area (Å²) in [6, 6.07) is 9.69. The van der Waals surface area contributed by atoms with Crippen molar-refractivity contribution in [2.24, 2.45) is 4.99 Å². The molecule has 0 saturated carbocycles. The topological polar surface area (TPSA) is 29.4 Å². The molecule has 0 radical (unpaired) electrons. The van der Waals surface area contributed by atoms with Gasteiger partial charge in [0.2, 0.25) is 6.08 Å². The Hall–Kier alpha value is -0.760. The number of isocyanates is 1. The van der Waals surface area contributed by atoms with E-state index in [-0.39, 0.29) is 5.37 Å². The smallest absolute Gasteiger partial charge is 0.211 e. The maximum absolute atomic E-state index is 10.0. The molecule has 0 spiro atoms. The monoisotopic (exact) mass is 213 g/mol. The Bertz CT molecular complexity index is 298. The Labute approximate surface area is 86.0 Å². The van der Waals surface area contributed by atoms with Crippen LogP contribution in [0.1, 0.15) is 0 Å². The molecule has 0 N–H and O–H groups in total. The zero-order valence-electron chi connectivity index (χ0n) is 6.81. The van der Waals surface area contributed by atoms with Crippen molar-refractivity contribution in [1.29, 1.82) is 0 Å². The zero-order valence-corrected chi connectivity index (χ0v) is 8.39. The SMILES string of the molecule is O=C=NC(CCl)Sc1ccccc1. The molecule has 68 valence electrons. The molecular formula is C9H8ClNOS. The summed E-state index contributed by atoms with van der Waals surface area (Å²) in [6.45, 7) is 0. The van der Waals surface area contributed by atoms with Gasteiger partial charge in [-0.1, -0.05) is 30.0 Å². The molecule has 0 fully saturated rings. The van der Waals surface area contributed by atoms with Crippen molar-refractivity contribution in [2.75, 3.05) is 5.88 Å². The number of carbonyl (C=O) groups excluding carboxylic acids is 1. The summed E-state index contributed by atoms with van der Waals surface area (Å²) < 4.78 is 0. The molecule has 0 aliphatic rings. The van der Waals surface area contributed by atoms with Crippen LogP contribution in [0.4, 0.5) is 0 Å². The van der Waals surface area contributed by atoms with E-state index in [4.69, 9.17) is 11.6 Å². The molecule has 0 aliphatic heterocycles. The van der Waals surface area contributed by atoms with Crippen molar-refractivity contribution in [3.63, 3.8) is 0 Å². The quantitative estimate of drug-likeness (QED) is 0.333. The van der Waals surface area contributed by atoms with Gasteiger partial charge >= 0.3 is 0 Å². The predicted molar refractivity (Wildman–Crippen MR) is 54.9 cm³/mol. The average Bonchev–Trinajstić information content (AvgIpc) is 2.19. The molecule has 0 aliphatic carbocycles. The van der Waals surface area contributed by atoms with Crippen molar-refractivity contribution in [2.45, 2.75) is 10.3 Å². The summed E-state index contributed by atoms with van der Waals surface area (Å²) >= 11 is 7.05. The summed E-state index contributed by atoms with van der Waals surface area (Å²) in [4.78, 5) is 14.6. The molecule has 0 aromatic heterocycles. The molecule has 0 saturated heterocycles. The molecule has 4 heteroatoms. The van der Waals surface area contributed by atoms with Crippen molar-refractivity contribution in [3.8, 4) is 0 Å². The van der Waals surface area contributed by atoms with Gasteiger partial charge in [-0.25, -0.2) is 4.79 Å². The lowest BCUT2D eigenvalue weighted by Crippen LogP contribution is -1.98. The number of alkyl halides is 1. The minimum Gasteiger partial charge on any atom is -0.211 e. The molecule has 0 bridgehead atoms. The molecule has 1 aromatic rings. The molecule has 1 rings (SSSR count). The fraction of sp³-hybridized carbons (Fsp3) is 0.222. The van der Waals surface area contributed by atoms with E-state index in [1.165, 1.54) is 17.8 Å². The summed E-state index contributed by atoms with van der Waals surface area (Å²) in [5.74, 6) is 0.314. The van der Waals surface area contributed by atoms with E-state index in [0.717, 1.165) is 4.90 Å². The van der Waals surface area contributed by atoms with Gasteiger partial charge in [-0.05, 0) is 12.1 Å². The van der Waals surface area contributed by atoms with E-state index in [1.54, 1.807) is 0 Å². The molecule has 0 heterocycles. The van der Waals surface area contributed by atoms with E-state index in [0.29, 0.717) is 5.88 Å². The second-order valence-electron chi connectivity index (χ2n) is 2.26. The van der Waals surface area contributed by atoms with Crippen molar-refractivity contribution >= 4 is 29.4 Å². The number of hydrogen-bond donors (Lipinski definition) is 0. The van der Waals surface area contributed by atoms with Crippen LogP contribution in [0.3, 0.4) is 0 Å². The highest BCUT2D eigenvalue weighted by molar-refractivity contribution is 8.00. The van der Waals surface area contributed by atoms with Crippen LogP contribution in [0.5, 0.6) is 0 Å². The van der Waals surface area contributed by atoms with Crippen LogP contribution in [-0.2, 0) is 4.79 Å². The van der Waals surface area contributed by atoms with E-state index < -0.39 is 0 Å². The fourth-order valence-electron chi connectivity index (χ4n) is 0.807. The minimum atomic E-state index is -0.235. The van der Waals surface area contributed by atoms with E-state index in [1.807, 2.05) is 30.3 Å². The Balaban J connectivity index is 2.61. The first kappa shape index (κ1) is 10.3. The molecule has 1 unspecified atom stereocenters. The number of nitrogens with zero attached hydrogens (tertiary/aromatic N) is 1. The number of thioether (sulfide) groups is 1. The van der Waals surface area contributed by atoms with Gasteiger partial charge in [0.15, 0.2) is 0 Å². The third-order valence-electron chi connectivity index (χ3n) is 1.34. The molecule has 2 nitrogen and oxygen atoms in total. The molecule has 1 atom stereocenters. The first-order valence-electron chi connectivity index (χ1n) is 3.71. The van der Waals surface area contributed by atoms with Crippen molar-refractivity contribution in [1.82, 2.24) is 0 Å². The summed E-state index contributed by atoms with van der Waals surface area (Å²) in [7, 11) is 0. The van der Waals surface area contributed by atoms with Gasteiger partial charge in [0.1, 0.15) is 5.37 Å². The maximum atomic E-state index is 10.0. The second kappa shape index (κ2) is 5.81. The Kier molecular flexibility index (Phi) is 4.61. The van der Waals surface area contributed by atoms with Crippen molar-refractivity contribution < 1.29 is 4.79 Å². The average molecular weight is 214 g/mol. The first-order chi connectivity index (χ1) is 6.36. The third kappa shape index (κ3) is 3.64. The van der Waals surface area contributed by atoms with Gasteiger partial charge in [-0.2, -0.15) is 4.99 Å². The lowest BCUT2D eigenvalue weighted by atomic mass is 10.4. The summed E-state index contributed by atoms with van der Waals surface area (Å²) in [5.41, 5.74) is 0. The second-order valence-corrected chi connectivity index (χ2v) is 3.82. The van der Waals surface area contributed by atoms with E-state index in [2.05, 4.69) is 4.99 Å².